The minimum atomic E-state index is -0.355. The number of thiophene rings is 1. The number of fused-ring (bicyclic) bond motifs is 1. The number of thioether (sulfide) groups is 1. The van der Waals surface area contributed by atoms with Gasteiger partial charge in [-0.25, -0.2) is 14.6 Å². The zero-order valence-corrected chi connectivity index (χ0v) is 19.1. The van der Waals surface area contributed by atoms with Gasteiger partial charge in [-0.2, -0.15) is 5.10 Å². The first-order valence-corrected chi connectivity index (χ1v) is 12.6. The van der Waals surface area contributed by atoms with Gasteiger partial charge in [0.2, 0.25) is 5.91 Å². The highest BCUT2D eigenvalue weighted by atomic mass is 32.2. The molecule has 0 spiro atoms. The summed E-state index contributed by atoms with van der Waals surface area (Å²) in [5.41, 5.74) is 0.447. The molecule has 0 aromatic carbocycles. The molecule has 0 aliphatic heterocycles. The average molecular weight is 445 g/mol. The summed E-state index contributed by atoms with van der Waals surface area (Å²) in [6, 6.07) is 4.14. The van der Waals surface area contributed by atoms with Crippen molar-refractivity contribution in [1.82, 2.24) is 25.1 Å². The van der Waals surface area contributed by atoms with E-state index in [4.69, 9.17) is 0 Å². The normalized spacial score (nSPS) is 15.5. The van der Waals surface area contributed by atoms with E-state index in [0.717, 1.165) is 60.7 Å². The van der Waals surface area contributed by atoms with Crippen molar-refractivity contribution in [1.29, 1.82) is 0 Å². The topological polar surface area (TPSA) is 84.7 Å². The second kappa shape index (κ2) is 9.34. The van der Waals surface area contributed by atoms with E-state index in [2.05, 4.69) is 44.1 Å². The molecule has 2 N–H and O–H groups in total. The molecule has 160 valence electrons. The van der Waals surface area contributed by atoms with Gasteiger partial charge in [0.1, 0.15) is 5.82 Å². The summed E-state index contributed by atoms with van der Waals surface area (Å²) < 4.78 is 1.86. The summed E-state index contributed by atoms with van der Waals surface area (Å²) in [7, 11) is 0. The number of anilines is 1. The van der Waals surface area contributed by atoms with Crippen LogP contribution in [0.25, 0.3) is 11.0 Å². The lowest BCUT2D eigenvalue weighted by atomic mass is 9.83. The Balaban J connectivity index is 1.48. The van der Waals surface area contributed by atoms with E-state index in [1.165, 1.54) is 16.6 Å². The first kappa shape index (κ1) is 21.1. The van der Waals surface area contributed by atoms with Crippen LogP contribution in [0.1, 0.15) is 43.9 Å². The first-order chi connectivity index (χ1) is 14.7. The minimum absolute atomic E-state index is 0.142. The zero-order valence-electron chi connectivity index (χ0n) is 17.5. The molecule has 0 radical (unpaired) electrons. The third-order valence-electron chi connectivity index (χ3n) is 5.69. The number of rotatable bonds is 9. The largest absolute Gasteiger partial charge is 0.369 e. The predicted octanol–water partition coefficient (Wildman–Crippen LogP) is 4.06. The van der Waals surface area contributed by atoms with Gasteiger partial charge >= 0.3 is 0 Å². The predicted molar refractivity (Wildman–Crippen MR) is 123 cm³/mol. The van der Waals surface area contributed by atoms with Crippen LogP contribution in [-0.2, 0) is 16.8 Å². The lowest BCUT2D eigenvalue weighted by molar-refractivity contribution is -0.126. The van der Waals surface area contributed by atoms with Crippen LogP contribution in [0.15, 0.2) is 28.9 Å². The Labute approximate surface area is 185 Å². The standard InChI is InChI=1S/C21H28N6OS2/c1-3-10-22-17-15-14-24-27(18(15)26-20(25-17)29-2)12-11-23-19(28)21(8-4-5-9-21)16-7-6-13-30-16/h6-7,13-14H,3-5,8-12H2,1-2H3,(H,23,28)(H,22,25,26). The Morgan fingerprint density at radius 2 is 2.13 bits per heavy atom. The summed E-state index contributed by atoms with van der Waals surface area (Å²) in [4.78, 5) is 23.6. The fourth-order valence-electron chi connectivity index (χ4n) is 4.13. The van der Waals surface area contributed by atoms with Crippen molar-refractivity contribution < 1.29 is 4.79 Å². The average Bonchev–Trinajstić information content (AvgIpc) is 3.52. The molecule has 3 heterocycles. The maximum atomic E-state index is 13.2. The van der Waals surface area contributed by atoms with Crippen LogP contribution in [0.4, 0.5) is 5.82 Å². The van der Waals surface area contributed by atoms with E-state index < -0.39 is 0 Å². The van der Waals surface area contributed by atoms with E-state index in [1.807, 2.05) is 23.2 Å². The van der Waals surface area contributed by atoms with Gasteiger partial charge in [0.15, 0.2) is 10.8 Å². The third-order valence-corrected chi connectivity index (χ3v) is 7.32. The molecule has 1 aliphatic carbocycles. The molecule has 0 unspecified atom stereocenters. The van der Waals surface area contributed by atoms with Crippen molar-refractivity contribution in [3.8, 4) is 0 Å². The van der Waals surface area contributed by atoms with Crippen LogP contribution in [0.3, 0.4) is 0 Å². The van der Waals surface area contributed by atoms with Crippen molar-refractivity contribution in [2.24, 2.45) is 0 Å². The number of amides is 1. The number of nitrogens with one attached hydrogen (secondary N) is 2. The smallest absolute Gasteiger partial charge is 0.231 e. The van der Waals surface area contributed by atoms with Crippen LogP contribution in [-0.4, -0.2) is 45.0 Å². The number of aromatic nitrogens is 4. The van der Waals surface area contributed by atoms with Crippen molar-refractivity contribution in [2.75, 3.05) is 24.7 Å². The van der Waals surface area contributed by atoms with Crippen molar-refractivity contribution in [2.45, 2.75) is 56.1 Å². The molecule has 3 aromatic rings. The monoisotopic (exact) mass is 444 g/mol. The van der Waals surface area contributed by atoms with Crippen molar-refractivity contribution in [3.63, 3.8) is 0 Å². The molecular weight excluding hydrogens is 416 g/mol. The van der Waals surface area contributed by atoms with Crippen LogP contribution in [0.5, 0.6) is 0 Å². The Bertz CT molecular complexity index is 995. The highest BCUT2D eigenvalue weighted by Gasteiger charge is 2.43. The number of carbonyl (C=O) groups excluding carboxylic acids is 1. The maximum absolute atomic E-state index is 13.2. The molecule has 1 amide bonds. The molecule has 7 nitrogen and oxygen atoms in total. The van der Waals surface area contributed by atoms with Crippen LogP contribution < -0.4 is 10.6 Å². The Morgan fingerprint density at radius 3 is 2.83 bits per heavy atom. The highest BCUT2D eigenvalue weighted by Crippen LogP contribution is 2.43. The molecule has 0 saturated heterocycles. The van der Waals surface area contributed by atoms with Crippen molar-refractivity contribution in [3.05, 3.63) is 28.6 Å². The fourth-order valence-corrected chi connectivity index (χ4v) is 5.47. The molecule has 1 aliphatic rings. The van der Waals surface area contributed by atoms with E-state index in [-0.39, 0.29) is 11.3 Å². The van der Waals surface area contributed by atoms with Crippen LogP contribution >= 0.6 is 23.1 Å². The summed E-state index contributed by atoms with van der Waals surface area (Å²) >= 11 is 3.20. The van der Waals surface area contributed by atoms with Crippen LogP contribution in [0, 0.1) is 0 Å². The summed E-state index contributed by atoms with van der Waals surface area (Å²) in [5.74, 6) is 0.965. The molecule has 0 bridgehead atoms. The van der Waals surface area contributed by atoms with Gasteiger partial charge in [0.05, 0.1) is 23.5 Å². The Kier molecular flexibility index (Phi) is 6.58. The SMILES string of the molecule is CCCNc1nc(SC)nc2c1cnn2CCNC(=O)C1(c2cccs2)CCCC1. The van der Waals surface area contributed by atoms with Crippen molar-refractivity contribution >= 4 is 45.9 Å². The lowest BCUT2D eigenvalue weighted by Gasteiger charge is -2.26. The number of nitrogens with zero attached hydrogens (tertiary/aromatic N) is 4. The molecule has 0 atom stereocenters. The maximum Gasteiger partial charge on any atom is 0.231 e. The zero-order chi connectivity index (χ0) is 21.0. The van der Waals surface area contributed by atoms with E-state index in [1.54, 1.807) is 11.3 Å². The molecule has 3 aromatic heterocycles. The minimum Gasteiger partial charge on any atom is -0.369 e. The van der Waals surface area contributed by atoms with Gasteiger partial charge in [0, 0.05) is 18.0 Å². The quantitative estimate of drug-likeness (QED) is 0.382. The van der Waals surface area contributed by atoms with E-state index >= 15 is 0 Å². The number of hydrogen-bond donors (Lipinski definition) is 2. The number of hydrogen-bond acceptors (Lipinski definition) is 7. The summed E-state index contributed by atoms with van der Waals surface area (Å²) in [6.45, 7) is 4.08. The second-order valence-electron chi connectivity index (χ2n) is 7.61. The Hall–Kier alpha value is -2.13. The summed E-state index contributed by atoms with van der Waals surface area (Å²) in [5, 5.41) is 14.8. The van der Waals surface area contributed by atoms with Gasteiger partial charge in [0.25, 0.3) is 0 Å². The second-order valence-corrected chi connectivity index (χ2v) is 9.33. The van der Waals surface area contributed by atoms with Gasteiger partial charge in [-0.15, -0.1) is 11.3 Å². The number of carbonyl (C=O) groups is 1. The molecule has 9 heteroatoms. The molecule has 4 rings (SSSR count). The van der Waals surface area contributed by atoms with Gasteiger partial charge in [-0.3, -0.25) is 4.79 Å². The summed E-state index contributed by atoms with van der Waals surface area (Å²) in [6.07, 6.45) is 8.88. The van der Waals surface area contributed by atoms with Crippen LogP contribution in [0.2, 0.25) is 0 Å². The highest BCUT2D eigenvalue weighted by molar-refractivity contribution is 7.98. The van der Waals surface area contributed by atoms with Gasteiger partial charge in [-0.05, 0) is 37.0 Å². The molecule has 1 saturated carbocycles. The van der Waals surface area contributed by atoms with E-state index in [9.17, 15) is 4.79 Å². The fraction of sp³-hybridized carbons (Fsp3) is 0.524. The van der Waals surface area contributed by atoms with Gasteiger partial charge in [-0.1, -0.05) is 37.6 Å². The Morgan fingerprint density at radius 1 is 1.30 bits per heavy atom. The molecule has 1 fully saturated rings. The third kappa shape index (κ3) is 4.05. The molecular formula is C21H28N6OS2. The first-order valence-electron chi connectivity index (χ1n) is 10.5. The van der Waals surface area contributed by atoms with Gasteiger partial charge < -0.3 is 10.6 Å². The lowest BCUT2D eigenvalue weighted by Crippen LogP contribution is -2.43. The van der Waals surface area contributed by atoms with E-state index in [0.29, 0.717) is 13.1 Å². The molecule has 30 heavy (non-hydrogen) atoms.